The number of benzene rings is 2. The SMILES string of the molecule is O=C(Nc1cc(N2CCOCC2)ncn1)c1ccc(Oc2ccccc2)cc1. The number of amides is 1. The first-order valence-corrected chi connectivity index (χ1v) is 9.07. The van der Waals surface area contributed by atoms with Crippen LogP contribution in [0.1, 0.15) is 10.4 Å². The number of nitrogens with one attached hydrogen (secondary N) is 1. The number of aromatic nitrogens is 2. The van der Waals surface area contributed by atoms with Crippen LogP contribution in [0, 0.1) is 0 Å². The van der Waals surface area contributed by atoms with Crippen molar-refractivity contribution in [3.05, 3.63) is 72.6 Å². The van der Waals surface area contributed by atoms with Gasteiger partial charge in [-0.1, -0.05) is 18.2 Å². The summed E-state index contributed by atoms with van der Waals surface area (Å²) in [5.41, 5.74) is 0.520. The number of rotatable bonds is 5. The molecular formula is C21H20N4O3. The van der Waals surface area contributed by atoms with Gasteiger partial charge in [-0.2, -0.15) is 0 Å². The molecular weight excluding hydrogens is 356 g/mol. The summed E-state index contributed by atoms with van der Waals surface area (Å²) in [5.74, 6) is 2.42. The summed E-state index contributed by atoms with van der Waals surface area (Å²) in [7, 11) is 0. The van der Waals surface area contributed by atoms with E-state index in [1.165, 1.54) is 6.33 Å². The second-order valence-corrected chi connectivity index (χ2v) is 6.25. The van der Waals surface area contributed by atoms with Crippen LogP contribution in [0.3, 0.4) is 0 Å². The summed E-state index contributed by atoms with van der Waals surface area (Å²) in [6.07, 6.45) is 1.46. The molecule has 2 aromatic carbocycles. The van der Waals surface area contributed by atoms with Crippen LogP contribution >= 0.6 is 0 Å². The largest absolute Gasteiger partial charge is 0.457 e. The van der Waals surface area contributed by atoms with Crippen molar-refractivity contribution in [3.63, 3.8) is 0 Å². The Labute approximate surface area is 163 Å². The molecule has 1 aliphatic heterocycles. The minimum Gasteiger partial charge on any atom is -0.457 e. The van der Waals surface area contributed by atoms with Crippen LogP contribution in [-0.2, 0) is 4.74 Å². The third kappa shape index (κ3) is 4.44. The van der Waals surface area contributed by atoms with Crippen molar-refractivity contribution in [1.29, 1.82) is 0 Å². The van der Waals surface area contributed by atoms with Crippen molar-refractivity contribution in [2.24, 2.45) is 0 Å². The summed E-state index contributed by atoms with van der Waals surface area (Å²) in [6.45, 7) is 2.88. The Hall–Kier alpha value is -3.45. The van der Waals surface area contributed by atoms with Gasteiger partial charge in [0.25, 0.3) is 5.91 Å². The van der Waals surface area contributed by atoms with Crippen molar-refractivity contribution in [3.8, 4) is 11.5 Å². The molecule has 1 N–H and O–H groups in total. The standard InChI is InChI=1S/C21H20N4O3/c26-21(16-6-8-18(9-7-16)28-17-4-2-1-3-5-17)24-19-14-20(23-15-22-19)25-10-12-27-13-11-25/h1-9,14-15H,10-13H2,(H,22,23,24,26). The molecule has 1 amide bonds. The maximum Gasteiger partial charge on any atom is 0.256 e. The topological polar surface area (TPSA) is 76.6 Å². The number of nitrogens with zero attached hydrogens (tertiary/aromatic N) is 3. The number of anilines is 2. The van der Waals surface area contributed by atoms with Crippen molar-refractivity contribution in [1.82, 2.24) is 9.97 Å². The highest BCUT2D eigenvalue weighted by molar-refractivity contribution is 6.03. The van der Waals surface area contributed by atoms with Gasteiger partial charge in [0.2, 0.25) is 0 Å². The molecule has 0 saturated carbocycles. The van der Waals surface area contributed by atoms with Gasteiger partial charge in [-0.3, -0.25) is 4.79 Å². The van der Waals surface area contributed by atoms with Crippen LogP contribution in [0.15, 0.2) is 67.0 Å². The van der Waals surface area contributed by atoms with E-state index in [-0.39, 0.29) is 5.91 Å². The van der Waals surface area contributed by atoms with Gasteiger partial charge >= 0.3 is 0 Å². The molecule has 7 nitrogen and oxygen atoms in total. The fraction of sp³-hybridized carbons (Fsp3) is 0.190. The molecule has 4 rings (SSSR count). The molecule has 0 aliphatic carbocycles. The van der Waals surface area contributed by atoms with Gasteiger partial charge in [0.15, 0.2) is 0 Å². The summed E-state index contributed by atoms with van der Waals surface area (Å²) in [6, 6.07) is 18.2. The van der Waals surface area contributed by atoms with E-state index in [9.17, 15) is 4.79 Å². The quantitative estimate of drug-likeness (QED) is 0.736. The van der Waals surface area contributed by atoms with E-state index in [2.05, 4.69) is 20.2 Å². The summed E-state index contributed by atoms with van der Waals surface area (Å²) < 4.78 is 11.1. The van der Waals surface area contributed by atoms with Crippen molar-refractivity contribution in [2.45, 2.75) is 0 Å². The Balaban J connectivity index is 1.41. The zero-order valence-electron chi connectivity index (χ0n) is 15.2. The predicted molar refractivity (Wildman–Crippen MR) is 106 cm³/mol. The Kier molecular flexibility index (Phi) is 5.44. The highest BCUT2D eigenvalue weighted by atomic mass is 16.5. The van der Waals surface area contributed by atoms with Gasteiger partial charge in [0, 0.05) is 24.7 Å². The third-order valence-electron chi connectivity index (χ3n) is 4.32. The average molecular weight is 376 g/mol. The normalized spacial score (nSPS) is 13.8. The minimum absolute atomic E-state index is 0.238. The van der Waals surface area contributed by atoms with Gasteiger partial charge in [-0.05, 0) is 36.4 Å². The van der Waals surface area contributed by atoms with Crippen LogP contribution in [0.4, 0.5) is 11.6 Å². The molecule has 0 spiro atoms. The van der Waals surface area contributed by atoms with Crippen LogP contribution in [0.2, 0.25) is 0 Å². The number of carbonyl (C=O) groups is 1. The zero-order chi connectivity index (χ0) is 19.2. The zero-order valence-corrected chi connectivity index (χ0v) is 15.2. The Morgan fingerprint density at radius 1 is 0.964 bits per heavy atom. The highest BCUT2D eigenvalue weighted by Gasteiger charge is 2.14. The lowest BCUT2D eigenvalue weighted by atomic mass is 10.2. The van der Waals surface area contributed by atoms with Crippen LogP contribution < -0.4 is 15.0 Å². The van der Waals surface area contributed by atoms with Crippen LogP contribution in [0.25, 0.3) is 0 Å². The van der Waals surface area contributed by atoms with Gasteiger partial charge in [0.1, 0.15) is 29.5 Å². The molecule has 1 aliphatic rings. The summed E-state index contributed by atoms with van der Waals surface area (Å²) in [4.78, 5) is 23.1. The van der Waals surface area contributed by atoms with Gasteiger partial charge in [-0.25, -0.2) is 9.97 Å². The molecule has 28 heavy (non-hydrogen) atoms. The molecule has 0 bridgehead atoms. The van der Waals surface area contributed by atoms with E-state index in [0.717, 1.165) is 24.7 Å². The molecule has 0 unspecified atom stereocenters. The Morgan fingerprint density at radius 2 is 1.68 bits per heavy atom. The first kappa shape index (κ1) is 17.9. The lowest BCUT2D eigenvalue weighted by molar-refractivity contribution is 0.102. The molecule has 7 heteroatoms. The number of carbonyl (C=O) groups excluding carboxylic acids is 1. The number of ether oxygens (including phenoxy) is 2. The molecule has 1 saturated heterocycles. The molecule has 1 fully saturated rings. The number of hydrogen-bond acceptors (Lipinski definition) is 6. The van der Waals surface area contributed by atoms with Crippen LogP contribution in [-0.4, -0.2) is 42.2 Å². The Morgan fingerprint density at radius 3 is 2.43 bits per heavy atom. The second kappa shape index (κ2) is 8.49. The van der Waals surface area contributed by atoms with E-state index in [0.29, 0.717) is 30.3 Å². The van der Waals surface area contributed by atoms with Crippen molar-refractivity contribution in [2.75, 3.05) is 36.5 Å². The van der Waals surface area contributed by atoms with E-state index in [1.54, 1.807) is 30.3 Å². The first-order valence-electron chi connectivity index (χ1n) is 9.07. The highest BCUT2D eigenvalue weighted by Crippen LogP contribution is 2.22. The van der Waals surface area contributed by atoms with E-state index in [4.69, 9.17) is 9.47 Å². The third-order valence-corrected chi connectivity index (χ3v) is 4.32. The summed E-state index contributed by atoms with van der Waals surface area (Å²) >= 11 is 0. The molecule has 0 radical (unpaired) electrons. The molecule has 142 valence electrons. The summed E-state index contributed by atoms with van der Waals surface area (Å²) in [5, 5.41) is 2.82. The average Bonchev–Trinajstić information content (AvgIpc) is 2.76. The molecule has 0 atom stereocenters. The maximum absolute atomic E-state index is 12.5. The lowest BCUT2D eigenvalue weighted by Crippen LogP contribution is -2.36. The lowest BCUT2D eigenvalue weighted by Gasteiger charge is -2.27. The van der Waals surface area contributed by atoms with Gasteiger partial charge in [0.05, 0.1) is 13.2 Å². The van der Waals surface area contributed by atoms with E-state index in [1.807, 2.05) is 30.3 Å². The van der Waals surface area contributed by atoms with E-state index < -0.39 is 0 Å². The Bertz CT molecular complexity index is 926. The number of morpholine rings is 1. The number of para-hydroxylation sites is 1. The second-order valence-electron chi connectivity index (χ2n) is 6.25. The predicted octanol–water partition coefficient (Wildman–Crippen LogP) is 3.36. The smallest absolute Gasteiger partial charge is 0.256 e. The molecule has 2 heterocycles. The van der Waals surface area contributed by atoms with E-state index >= 15 is 0 Å². The number of hydrogen-bond donors (Lipinski definition) is 1. The van der Waals surface area contributed by atoms with Crippen molar-refractivity contribution >= 4 is 17.5 Å². The van der Waals surface area contributed by atoms with Gasteiger partial charge in [-0.15, -0.1) is 0 Å². The molecule has 1 aromatic heterocycles. The van der Waals surface area contributed by atoms with Gasteiger partial charge < -0.3 is 19.7 Å². The monoisotopic (exact) mass is 376 g/mol. The first-order chi connectivity index (χ1) is 13.8. The fourth-order valence-electron chi connectivity index (χ4n) is 2.87. The van der Waals surface area contributed by atoms with Crippen molar-refractivity contribution < 1.29 is 14.3 Å². The fourth-order valence-corrected chi connectivity index (χ4v) is 2.87. The minimum atomic E-state index is -0.238. The molecule has 3 aromatic rings. The van der Waals surface area contributed by atoms with Crippen LogP contribution in [0.5, 0.6) is 11.5 Å². The maximum atomic E-state index is 12.5.